The average molecular weight is 371 g/mol. The molecule has 9 heteroatoms. The van der Waals surface area contributed by atoms with Gasteiger partial charge >= 0.3 is 6.36 Å². The second kappa shape index (κ2) is 9.71. The van der Waals surface area contributed by atoms with Gasteiger partial charge in [-0.15, -0.1) is 13.2 Å². The number of guanidine groups is 1. The zero-order valence-electron chi connectivity index (χ0n) is 14.0. The molecule has 0 aliphatic carbocycles. The first-order chi connectivity index (χ1) is 12.4. The van der Waals surface area contributed by atoms with Crippen molar-refractivity contribution >= 4 is 5.96 Å². The van der Waals surface area contributed by atoms with Crippen molar-refractivity contribution in [3.05, 3.63) is 54.0 Å². The molecule has 0 fully saturated rings. The Morgan fingerprint density at radius 3 is 2.62 bits per heavy atom. The lowest BCUT2D eigenvalue weighted by molar-refractivity contribution is -0.274. The molecule has 0 aliphatic rings. The van der Waals surface area contributed by atoms with Gasteiger partial charge in [0.2, 0.25) is 0 Å². The Kier molecular flexibility index (Phi) is 7.34. The number of benzene rings is 1. The predicted octanol–water partition coefficient (Wildman–Crippen LogP) is 3.19. The fraction of sp³-hybridized carbons (Fsp3) is 0.353. The molecular weight excluding hydrogens is 351 g/mol. The lowest BCUT2D eigenvalue weighted by Crippen LogP contribution is -2.32. The smallest absolute Gasteiger partial charge is 0.467 e. The molecule has 26 heavy (non-hydrogen) atoms. The van der Waals surface area contributed by atoms with Crippen molar-refractivity contribution in [3.63, 3.8) is 0 Å². The molecule has 0 atom stereocenters. The zero-order chi connectivity index (χ0) is 18.8. The van der Waals surface area contributed by atoms with E-state index < -0.39 is 6.36 Å². The number of nitrogens with zero attached hydrogens (tertiary/aromatic N) is 1. The maximum atomic E-state index is 12.1. The molecular formula is C17H20F3N3O3. The van der Waals surface area contributed by atoms with E-state index in [0.29, 0.717) is 25.3 Å². The van der Waals surface area contributed by atoms with Crippen LogP contribution in [0.4, 0.5) is 13.2 Å². The molecule has 0 radical (unpaired) electrons. The van der Waals surface area contributed by atoms with Crippen molar-refractivity contribution in [2.24, 2.45) is 10.7 Å². The standard InChI is InChI=1S/C17H20F3N3O3/c18-17(19,20)26-14-6-4-13(5-7-14)11-23-16(21)22-8-2-9-24-12-15-3-1-10-25-15/h1,3-7,10H,2,8-9,11-12H2,(H3,21,22,23). The number of alkyl halides is 3. The molecule has 142 valence electrons. The van der Waals surface area contributed by atoms with Gasteiger partial charge in [0, 0.05) is 13.2 Å². The summed E-state index contributed by atoms with van der Waals surface area (Å²) in [5.41, 5.74) is 6.45. The van der Waals surface area contributed by atoms with Crippen LogP contribution >= 0.6 is 0 Å². The van der Waals surface area contributed by atoms with Crippen LogP contribution < -0.4 is 15.8 Å². The van der Waals surface area contributed by atoms with E-state index in [4.69, 9.17) is 14.9 Å². The highest BCUT2D eigenvalue weighted by molar-refractivity contribution is 5.77. The molecule has 2 aromatic rings. The summed E-state index contributed by atoms with van der Waals surface area (Å²) in [5.74, 6) is 0.753. The number of hydrogen-bond acceptors (Lipinski definition) is 4. The summed E-state index contributed by atoms with van der Waals surface area (Å²) in [6.07, 6.45) is -2.37. The van der Waals surface area contributed by atoms with Crippen LogP contribution in [-0.4, -0.2) is 25.5 Å². The highest BCUT2D eigenvalue weighted by Gasteiger charge is 2.30. The Balaban J connectivity index is 1.61. The van der Waals surface area contributed by atoms with Gasteiger partial charge in [0.1, 0.15) is 18.1 Å². The van der Waals surface area contributed by atoms with E-state index in [1.165, 1.54) is 24.3 Å². The van der Waals surface area contributed by atoms with Crippen molar-refractivity contribution in [1.82, 2.24) is 5.32 Å². The summed E-state index contributed by atoms with van der Waals surface area (Å²) in [6.45, 7) is 1.80. The van der Waals surface area contributed by atoms with Crippen LogP contribution in [-0.2, 0) is 17.9 Å². The molecule has 6 nitrogen and oxygen atoms in total. The monoisotopic (exact) mass is 371 g/mol. The van der Waals surface area contributed by atoms with E-state index >= 15 is 0 Å². The van der Waals surface area contributed by atoms with Gasteiger partial charge in [0.25, 0.3) is 0 Å². The normalized spacial score (nSPS) is 12.2. The van der Waals surface area contributed by atoms with Crippen molar-refractivity contribution in [1.29, 1.82) is 0 Å². The van der Waals surface area contributed by atoms with E-state index in [1.54, 1.807) is 12.3 Å². The maximum Gasteiger partial charge on any atom is 0.573 e. The maximum absolute atomic E-state index is 12.1. The fourth-order valence-electron chi connectivity index (χ4n) is 1.99. The molecule has 0 bridgehead atoms. The molecule has 1 aromatic heterocycles. The molecule has 2 rings (SSSR count). The van der Waals surface area contributed by atoms with Crippen molar-refractivity contribution in [2.75, 3.05) is 13.2 Å². The van der Waals surface area contributed by atoms with Gasteiger partial charge in [-0.3, -0.25) is 0 Å². The summed E-state index contributed by atoms with van der Waals surface area (Å²) >= 11 is 0. The molecule has 0 saturated heterocycles. The number of aliphatic imine (C=N–C) groups is 1. The van der Waals surface area contributed by atoms with Gasteiger partial charge in [-0.05, 0) is 36.2 Å². The van der Waals surface area contributed by atoms with Crippen LogP contribution in [0.25, 0.3) is 0 Å². The second-order valence-corrected chi connectivity index (χ2v) is 5.31. The number of nitrogens with two attached hydrogens (primary N) is 1. The van der Waals surface area contributed by atoms with Gasteiger partial charge in [-0.2, -0.15) is 0 Å². The average Bonchev–Trinajstić information content (AvgIpc) is 3.09. The lowest BCUT2D eigenvalue weighted by Gasteiger charge is -2.09. The van der Waals surface area contributed by atoms with Crippen molar-refractivity contribution < 1.29 is 27.1 Å². The van der Waals surface area contributed by atoms with E-state index in [1.807, 2.05) is 6.07 Å². The first kappa shape index (κ1) is 19.6. The minimum atomic E-state index is -4.70. The van der Waals surface area contributed by atoms with Crippen molar-refractivity contribution in [3.8, 4) is 5.75 Å². The Hall–Kier alpha value is -2.68. The molecule has 0 aliphatic heterocycles. The highest BCUT2D eigenvalue weighted by Crippen LogP contribution is 2.22. The number of furan rings is 1. The molecule has 1 aromatic carbocycles. The lowest BCUT2D eigenvalue weighted by atomic mass is 10.2. The fourth-order valence-corrected chi connectivity index (χ4v) is 1.99. The molecule has 1 heterocycles. The molecule has 3 N–H and O–H groups in total. The SMILES string of the molecule is NC(=NCc1ccc(OC(F)(F)F)cc1)NCCCOCc1ccco1. The Bertz CT molecular complexity index is 671. The minimum Gasteiger partial charge on any atom is -0.467 e. The van der Waals surface area contributed by atoms with Crippen LogP contribution in [0.15, 0.2) is 52.1 Å². The van der Waals surface area contributed by atoms with Crippen LogP contribution in [0, 0.1) is 0 Å². The Morgan fingerprint density at radius 2 is 1.96 bits per heavy atom. The van der Waals surface area contributed by atoms with E-state index in [-0.39, 0.29) is 18.3 Å². The summed E-state index contributed by atoms with van der Waals surface area (Å²) < 4.78 is 50.6. The van der Waals surface area contributed by atoms with Crippen LogP contribution in [0.2, 0.25) is 0 Å². The van der Waals surface area contributed by atoms with Gasteiger partial charge in [0.05, 0.1) is 12.8 Å². The zero-order valence-corrected chi connectivity index (χ0v) is 14.0. The number of ether oxygens (including phenoxy) is 2. The number of nitrogens with one attached hydrogen (secondary N) is 1. The molecule has 0 saturated carbocycles. The largest absolute Gasteiger partial charge is 0.573 e. The third kappa shape index (κ3) is 7.93. The Labute approximate surface area is 148 Å². The first-order valence-corrected chi connectivity index (χ1v) is 7.91. The predicted molar refractivity (Wildman–Crippen MR) is 89.4 cm³/mol. The highest BCUT2D eigenvalue weighted by atomic mass is 19.4. The van der Waals surface area contributed by atoms with Crippen molar-refractivity contribution in [2.45, 2.75) is 25.9 Å². The third-order valence-corrected chi connectivity index (χ3v) is 3.18. The van der Waals surface area contributed by atoms with Crippen LogP contribution in [0.3, 0.4) is 0 Å². The molecule has 0 spiro atoms. The molecule has 0 unspecified atom stereocenters. The number of hydrogen-bond donors (Lipinski definition) is 2. The van der Waals surface area contributed by atoms with E-state index in [9.17, 15) is 13.2 Å². The van der Waals surface area contributed by atoms with Crippen LogP contribution in [0.5, 0.6) is 5.75 Å². The first-order valence-electron chi connectivity index (χ1n) is 7.91. The van der Waals surface area contributed by atoms with Gasteiger partial charge in [0.15, 0.2) is 5.96 Å². The minimum absolute atomic E-state index is 0.250. The second-order valence-electron chi connectivity index (χ2n) is 5.31. The third-order valence-electron chi connectivity index (χ3n) is 3.18. The van der Waals surface area contributed by atoms with Crippen LogP contribution in [0.1, 0.15) is 17.7 Å². The summed E-state index contributed by atoms with van der Waals surface area (Å²) in [4.78, 5) is 4.12. The number of halogens is 3. The summed E-state index contributed by atoms with van der Waals surface area (Å²) in [7, 11) is 0. The number of rotatable bonds is 9. The summed E-state index contributed by atoms with van der Waals surface area (Å²) in [5, 5.41) is 2.94. The summed E-state index contributed by atoms with van der Waals surface area (Å²) in [6, 6.07) is 9.11. The van der Waals surface area contributed by atoms with Gasteiger partial charge < -0.3 is 24.9 Å². The molecule has 0 amide bonds. The topological polar surface area (TPSA) is 82.0 Å². The Morgan fingerprint density at radius 1 is 1.19 bits per heavy atom. The van der Waals surface area contributed by atoms with Gasteiger partial charge in [-0.25, -0.2) is 4.99 Å². The quantitative estimate of drug-likeness (QED) is 0.402. The van der Waals surface area contributed by atoms with E-state index in [0.717, 1.165) is 12.2 Å². The van der Waals surface area contributed by atoms with Gasteiger partial charge in [-0.1, -0.05) is 12.1 Å². The van der Waals surface area contributed by atoms with E-state index in [2.05, 4.69) is 15.0 Å².